The lowest BCUT2D eigenvalue weighted by atomic mass is 10.2. The first-order chi connectivity index (χ1) is 8.45. The summed E-state index contributed by atoms with van der Waals surface area (Å²) < 4.78 is 25.1. The van der Waals surface area contributed by atoms with Crippen molar-refractivity contribution >= 4 is 15.9 Å². The van der Waals surface area contributed by atoms with E-state index in [2.05, 4.69) is 0 Å². The molecule has 0 aliphatic heterocycles. The lowest BCUT2D eigenvalue weighted by molar-refractivity contribution is -0.118. The zero-order chi connectivity index (χ0) is 13.6. The van der Waals surface area contributed by atoms with Crippen LogP contribution in [0.25, 0.3) is 0 Å². The van der Waals surface area contributed by atoms with E-state index in [0.717, 1.165) is 5.56 Å². The first kappa shape index (κ1) is 14.7. The standard InChI is InChI=1S/C12H18N2O3S/c1-2-18(16,17)14(9-8-12(13)15)10-11-6-4-3-5-7-11/h3-7H,2,8-10H2,1H3,(H2,13,15). The Balaban J connectivity index is 2.81. The lowest BCUT2D eigenvalue weighted by Gasteiger charge is -2.20. The topological polar surface area (TPSA) is 80.5 Å². The fourth-order valence-corrected chi connectivity index (χ4v) is 2.60. The molecular weight excluding hydrogens is 252 g/mol. The van der Waals surface area contributed by atoms with Crippen LogP contribution in [0.1, 0.15) is 18.9 Å². The van der Waals surface area contributed by atoms with E-state index in [1.165, 1.54) is 4.31 Å². The van der Waals surface area contributed by atoms with E-state index >= 15 is 0 Å². The number of carbonyl (C=O) groups is 1. The van der Waals surface area contributed by atoms with Gasteiger partial charge in [0.05, 0.1) is 5.75 Å². The smallest absolute Gasteiger partial charge is 0.218 e. The third kappa shape index (κ3) is 4.46. The van der Waals surface area contributed by atoms with E-state index in [-0.39, 0.29) is 25.3 Å². The number of amides is 1. The highest BCUT2D eigenvalue weighted by Gasteiger charge is 2.20. The second kappa shape index (κ2) is 6.51. The third-order valence-corrected chi connectivity index (χ3v) is 4.40. The van der Waals surface area contributed by atoms with Crippen molar-refractivity contribution < 1.29 is 13.2 Å². The van der Waals surface area contributed by atoms with Gasteiger partial charge in [0.15, 0.2) is 0 Å². The van der Waals surface area contributed by atoms with Crippen molar-refractivity contribution in [2.45, 2.75) is 19.9 Å². The van der Waals surface area contributed by atoms with Crippen LogP contribution in [-0.2, 0) is 21.4 Å². The van der Waals surface area contributed by atoms with Crippen molar-refractivity contribution in [2.75, 3.05) is 12.3 Å². The minimum Gasteiger partial charge on any atom is -0.370 e. The van der Waals surface area contributed by atoms with Crippen LogP contribution in [-0.4, -0.2) is 30.9 Å². The first-order valence-corrected chi connectivity index (χ1v) is 7.36. The number of primary amides is 1. The summed E-state index contributed by atoms with van der Waals surface area (Å²) in [5.74, 6) is -0.488. The molecule has 0 fully saturated rings. The van der Waals surface area contributed by atoms with E-state index in [1.54, 1.807) is 6.92 Å². The zero-order valence-corrected chi connectivity index (χ0v) is 11.2. The molecule has 100 valence electrons. The maximum absolute atomic E-state index is 11.9. The first-order valence-electron chi connectivity index (χ1n) is 5.75. The normalized spacial score (nSPS) is 11.7. The molecule has 1 aromatic rings. The van der Waals surface area contributed by atoms with E-state index in [0.29, 0.717) is 0 Å². The largest absolute Gasteiger partial charge is 0.370 e. The second-order valence-electron chi connectivity index (χ2n) is 3.94. The monoisotopic (exact) mass is 270 g/mol. The van der Waals surface area contributed by atoms with E-state index in [1.807, 2.05) is 30.3 Å². The molecule has 0 saturated heterocycles. The summed E-state index contributed by atoms with van der Waals surface area (Å²) in [6, 6.07) is 9.26. The molecule has 2 N–H and O–H groups in total. The Kier molecular flexibility index (Phi) is 5.30. The number of carbonyl (C=O) groups excluding carboxylic acids is 1. The summed E-state index contributed by atoms with van der Waals surface area (Å²) in [6.45, 7) is 1.97. The highest BCUT2D eigenvalue weighted by molar-refractivity contribution is 7.89. The summed E-state index contributed by atoms with van der Waals surface area (Å²) in [5, 5.41) is 0. The summed E-state index contributed by atoms with van der Waals surface area (Å²) in [6.07, 6.45) is 0.0338. The fraction of sp³-hybridized carbons (Fsp3) is 0.417. The zero-order valence-electron chi connectivity index (χ0n) is 10.4. The molecule has 0 unspecified atom stereocenters. The van der Waals surface area contributed by atoms with Crippen LogP contribution < -0.4 is 5.73 Å². The van der Waals surface area contributed by atoms with E-state index in [9.17, 15) is 13.2 Å². The van der Waals surface area contributed by atoms with Gasteiger partial charge in [0.2, 0.25) is 15.9 Å². The summed E-state index contributed by atoms with van der Waals surface area (Å²) in [5.41, 5.74) is 5.95. The summed E-state index contributed by atoms with van der Waals surface area (Å²) in [4.78, 5) is 10.8. The molecule has 0 radical (unpaired) electrons. The van der Waals surface area contributed by atoms with E-state index in [4.69, 9.17) is 5.73 Å². The predicted molar refractivity (Wildman–Crippen MR) is 70.1 cm³/mol. The Labute approximate surface area is 108 Å². The molecule has 1 amide bonds. The van der Waals surface area contributed by atoms with Crippen LogP contribution in [0.3, 0.4) is 0 Å². The van der Waals surface area contributed by atoms with Gasteiger partial charge in [-0.3, -0.25) is 4.79 Å². The van der Waals surface area contributed by atoms with Gasteiger partial charge in [-0.15, -0.1) is 0 Å². The molecule has 18 heavy (non-hydrogen) atoms. The molecule has 0 bridgehead atoms. The quantitative estimate of drug-likeness (QED) is 0.792. The van der Waals surface area contributed by atoms with Crippen LogP contribution in [0.15, 0.2) is 30.3 Å². The number of rotatable bonds is 7. The van der Waals surface area contributed by atoms with Gasteiger partial charge in [0, 0.05) is 19.5 Å². The minimum absolute atomic E-state index is 0.0125. The molecule has 1 rings (SSSR count). The van der Waals surface area contributed by atoms with Gasteiger partial charge in [-0.25, -0.2) is 8.42 Å². The van der Waals surface area contributed by atoms with Gasteiger partial charge in [-0.1, -0.05) is 30.3 Å². The molecule has 6 heteroatoms. The highest BCUT2D eigenvalue weighted by atomic mass is 32.2. The van der Waals surface area contributed by atoms with Crippen molar-refractivity contribution in [3.8, 4) is 0 Å². The molecule has 0 spiro atoms. The van der Waals surface area contributed by atoms with Crippen LogP contribution in [0.5, 0.6) is 0 Å². The van der Waals surface area contributed by atoms with Crippen molar-refractivity contribution in [2.24, 2.45) is 5.73 Å². The van der Waals surface area contributed by atoms with Crippen molar-refractivity contribution in [3.05, 3.63) is 35.9 Å². The van der Waals surface area contributed by atoms with Crippen molar-refractivity contribution in [3.63, 3.8) is 0 Å². The molecule has 0 heterocycles. The highest BCUT2D eigenvalue weighted by Crippen LogP contribution is 2.10. The minimum atomic E-state index is -3.33. The van der Waals surface area contributed by atoms with Gasteiger partial charge >= 0.3 is 0 Å². The molecule has 0 aromatic heterocycles. The van der Waals surface area contributed by atoms with Gasteiger partial charge in [-0.05, 0) is 12.5 Å². The van der Waals surface area contributed by atoms with Crippen molar-refractivity contribution in [1.29, 1.82) is 0 Å². The number of hydrogen-bond donors (Lipinski definition) is 1. The summed E-state index contributed by atoms with van der Waals surface area (Å²) >= 11 is 0. The van der Waals surface area contributed by atoms with Gasteiger partial charge in [-0.2, -0.15) is 4.31 Å². The molecular formula is C12H18N2O3S. The number of hydrogen-bond acceptors (Lipinski definition) is 3. The molecule has 0 atom stereocenters. The average molecular weight is 270 g/mol. The van der Waals surface area contributed by atoms with Crippen LogP contribution in [0, 0.1) is 0 Å². The van der Waals surface area contributed by atoms with Gasteiger partial charge in [0.25, 0.3) is 0 Å². The summed E-state index contributed by atoms with van der Waals surface area (Å²) in [7, 11) is -3.33. The molecule has 0 aliphatic rings. The Morgan fingerprint density at radius 3 is 2.39 bits per heavy atom. The maximum atomic E-state index is 11.9. The molecule has 1 aromatic carbocycles. The third-order valence-electron chi connectivity index (χ3n) is 2.57. The average Bonchev–Trinajstić information content (AvgIpc) is 2.35. The number of nitrogens with two attached hydrogens (primary N) is 1. The van der Waals surface area contributed by atoms with Crippen LogP contribution in [0.2, 0.25) is 0 Å². The van der Waals surface area contributed by atoms with Crippen LogP contribution in [0.4, 0.5) is 0 Å². The number of nitrogens with zero attached hydrogens (tertiary/aromatic N) is 1. The van der Waals surface area contributed by atoms with Crippen molar-refractivity contribution in [1.82, 2.24) is 4.31 Å². The number of benzene rings is 1. The second-order valence-corrected chi connectivity index (χ2v) is 6.19. The lowest BCUT2D eigenvalue weighted by Crippen LogP contribution is -2.34. The predicted octanol–water partition coefficient (Wildman–Crippen LogP) is 0.714. The Bertz CT molecular complexity index is 485. The van der Waals surface area contributed by atoms with Gasteiger partial charge in [0.1, 0.15) is 0 Å². The SMILES string of the molecule is CCS(=O)(=O)N(CCC(N)=O)Cc1ccccc1. The number of sulfonamides is 1. The van der Waals surface area contributed by atoms with Gasteiger partial charge < -0.3 is 5.73 Å². The van der Waals surface area contributed by atoms with E-state index < -0.39 is 15.9 Å². The fourth-order valence-electron chi connectivity index (χ4n) is 1.52. The Morgan fingerprint density at radius 2 is 1.89 bits per heavy atom. The Morgan fingerprint density at radius 1 is 1.28 bits per heavy atom. The molecule has 0 aliphatic carbocycles. The van der Waals surface area contributed by atoms with Crippen LogP contribution >= 0.6 is 0 Å². The molecule has 5 nitrogen and oxygen atoms in total. The Hall–Kier alpha value is -1.40. The molecule has 0 saturated carbocycles. The maximum Gasteiger partial charge on any atom is 0.218 e.